The molecule has 0 saturated heterocycles. The molecule has 6 rings (SSSR count). The maximum Gasteiger partial charge on any atom is -0.00110 e. The number of unbranched alkanes of at least 4 members (excludes halogenated alkanes) is 24. The molecule has 0 aliphatic heterocycles. The summed E-state index contributed by atoms with van der Waals surface area (Å²) < 4.78 is 0. The molecule has 0 aliphatic rings. The lowest BCUT2D eigenvalue weighted by atomic mass is 9.81. The Labute approximate surface area is 368 Å². The van der Waals surface area contributed by atoms with E-state index in [0.29, 0.717) is 0 Å². The van der Waals surface area contributed by atoms with Crippen LogP contribution < -0.4 is 0 Å². The Balaban J connectivity index is 1.42. The number of benzene rings is 6. The van der Waals surface area contributed by atoms with Crippen LogP contribution in [0.5, 0.6) is 0 Å². The van der Waals surface area contributed by atoms with Crippen molar-refractivity contribution in [3.05, 3.63) is 82.9 Å². The summed E-state index contributed by atoms with van der Waals surface area (Å²) in [4.78, 5) is 0. The first-order valence-corrected chi connectivity index (χ1v) is 26.3. The fourth-order valence-corrected chi connectivity index (χ4v) is 10.8. The Morgan fingerprint density at radius 2 is 0.517 bits per heavy atom. The molecule has 60 heavy (non-hydrogen) atoms. The first-order chi connectivity index (χ1) is 29.7. The lowest BCUT2D eigenvalue weighted by Gasteiger charge is -2.22. The van der Waals surface area contributed by atoms with E-state index in [1.54, 1.807) is 32.7 Å². The molecule has 0 unspecified atom stereocenters. The molecule has 0 bridgehead atoms. The SMILES string of the molecule is CCCCCCCCCc1ccc2c(c1)c1c(CCCCCCCCC)ccc3c4ccc(CCCCCCCCC)cc4c4c(CCCCCCCCC)ccc2c4c31. The van der Waals surface area contributed by atoms with Crippen molar-refractivity contribution in [3.8, 4) is 0 Å². The minimum atomic E-state index is 1.18. The summed E-state index contributed by atoms with van der Waals surface area (Å²) in [5.74, 6) is 0. The van der Waals surface area contributed by atoms with Gasteiger partial charge in [-0.2, -0.15) is 0 Å². The summed E-state index contributed by atoms with van der Waals surface area (Å²) in [6.45, 7) is 9.30. The summed E-state index contributed by atoms with van der Waals surface area (Å²) in [5, 5.41) is 15.2. The van der Waals surface area contributed by atoms with Gasteiger partial charge in [-0.25, -0.2) is 0 Å². The molecule has 0 spiro atoms. The lowest BCUT2D eigenvalue weighted by molar-refractivity contribution is 0.589. The van der Waals surface area contributed by atoms with E-state index in [1.165, 1.54) is 249 Å². The Morgan fingerprint density at radius 1 is 0.233 bits per heavy atom. The molecule has 0 aromatic heterocycles. The van der Waals surface area contributed by atoms with Crippen LogP contribution in [0.2, 0.25) is 0 Å². The van der Waals surface area contributed by atoms with Gasteiger partial charge in [-0.1, -0.05) is 242 Å². The van der Waals surface area contributed by atoms with Crippen molar-refractivity contribution in [2.24, 2.45) is 0 Å². The van der Waals surface area contributed by atoms with E-state index in [4.69, 9.17) is 0 Å². The lowest BCUT2D eigenvalue weighted by Crippen LogP contribution is -1.98. The third-order valence-corrected chi connectivity index (χ3v) is 14.4. The first kappa shape index (κ1) is 46.4. The van der Waals surface area contributed by atoms with Crippen LogP contribution in [0, 0.1) is 0 Å². The van der Waals surface area contributed by atoms with Crippen molar-refractivity contribution >= 4 is 53.9 Å². The van der Waals surface area contributed by atoms with E-state index in [9.17, 15) is 0 Å². The zero-order valence-electron chi connectivity index (χ0n) is 39.4. The topological polar surface area (TPSA) is 0 Å². The predicted octanol–water partition coefficient (Wildman–Crippen LogP) is 20.1. The van der Waals surface area contributed by atoms with Gasteiger partial charge < -0.3 is 0 Å². The molecular weight excluding hydrogens is 721 g/mol. The van der Waals surface area contributed by atoms with Gasteiger partial charge in [0.15, 0.2) is 0 Å². The van der Waals surface area contributed by atoms with Crippen LogP contribution in [0.1, 0.15) is 230 Å². The van der Waals surface area contributed by atoms with Gasteiger partial charge in [-0.05, 0) is 127 Å². The molecular formula is C60H86. The number of aryl methyl sites for hydroxylation is 4. The van der Waals surface area contributed by atoms with E-state index in [0.717, 1.165) is 0 Å². The van der Waals surface area contributed by atoms with Crippen molar-refractivity contribution in [1.29, 1.82) is 0 Å². The normalized spacial score (nSPS) is 12.1. The molecule has 0 atom stereocenters. The van der Waals surface area contributed by atoms with Crippen LogP contribution in [0.4, 0.5) is 0 Å². The summed E-state index contributed by atoms with van der Waals surface area (Å²) in [5.41, 5.74) is 6.24. The largest absolute Gasteiger partial charge is 0.0654 e. The van der Waals surface area contributed by atoms with Crippen LogP contribution in [0.15, 0.2) is 60.7 Å². The standard InChI is InChI=1S/C60H86/c1-5-9-13-17-21-25-29-33-47-37-41-51-53-43-40-50(36-32-28-24-20-16-12-8-4)58-56-46-48(34-30-26-22-18-14-10-6-2)38-42-52(56)54-44-39-49(35-31-27-23-19-15-11-7-3)57(55(51)45-47)59(54)60(53)58/h37-46H,5-36H2,1-4H3. The number of rotatable bonds is 32. The quantitative estimate of drug-likeness (QED) is 0.0226. The number of hydrogen-bond donors (Lipinski definition) is 0. The van der Waals surface area contributed by atoms with Crippen LogP contribution in [-0.4, -0.2) is 0 Å². The maximum absolute atomic E-state index is 2.65. The van der Waals surface area contributed by atoms with Gasteiger partial charge in [0.1, 0.15) is 0 Å². The van der Waals surface area contributed by atoms with Crippen molar-refractivity contribution < 1.29 is 0 Å². The molecule has 326 valence electrons. The van der Waals surface area contributed by atoms with Crippen molar-refractivity contribution in [2.45, 2.75) is 233 Å². The van der Waals surface area contributed by atoms with Crippen molar-refractivity contribution in [3.63, 3.8) is 0 Å². The summed E-state index contributed by atoms with van der Waals surface area (Å²) in [7, 11) is 0. The first-order valence-electron chi connectivity index (χ1n) is 26.3. The molecule has 0 saturated carbocycles. The molecule has 0 N–H and O–H groups in total. The summed E-state index contributed by atoms with van der Waals surface area (Å²) in [6, 6.07) is 25.6. The summed E-state index contributed by atoms with van der Waals surface area (Å²) >= 11 is 0. The highest BCUT2D eigenvalue weighted by molar-refractivity contribution is 6.40. The van der Waals surface area contributed by atoms with Gasteiger partial charge in [0.25, 0.3) is 0 Å². The second kappa shape index (κ2) is 25.7. The Hall–Kier alpha value is -3.12. The monoisotopic (exact) mass is 807 g/mol. The second-order valence-corrected chi connectivity index (χ2v) is 19.3. The van der Waals surface area contributed by atoms with Crippen LogP contribution in [0.3, 0.4) is 0 Å². The Kier molecular flexibility index (Phi) is 19.9. The molecule has 0 radical (unpaired) electrons. The van der Waals surface area contributed by atoms with Crippen LogP contribution in [-0.2, 0) is 25.7 Å². The third kappa shape index (κ3) is 12.5. The van der Waals surface area contributed by atoms with E-state index in [1.807, 2.05) is 0 Å². The minimum absolute atomic E-state index is 1.18. The molecule has 6 aromatic rings. The molecule has 0 heterocycles. The van der Waals surface area contributed by atoms with Crippen molar-refractivity contribution in [2.75, 3.05) is 0 Å². The molecule has 6 aromatic carbocycles. The second-order valence-electron chi connectivity index (χ2n) is 19.3. The smallest absolute Gasteiger partial charge is 0.00110 e. The van der Waals surface area contributed by atoms with Crippen LogP contribution >= 0.6 is 0 Å². The van der Waals surface area contributed by atoms with Crippen molar-refractivity contribution in [1.82, 2.24) is 0 Å². The highest BCUT2D eigenvalue weighted by Gasteiger charge is 2.21. The zero-order chi connectivity index (χ0) is 41.8. The number of fused-ring (bicyclic) bond motifs is 6. The Morgan fingerprint density at radius 3 is 0.850 bits per heavy atom. The van der Waals surface area contributed by atoms with E-state index >= 15 is 0 Å². The van der Waals surface area contributed by atoms with Crippen LogP contribution in [0.25, 0.3) is 53.9 Å². The van der Waals surface area contributed by atoms with Gasteiger partial charge in [0.05, 0.1) is 0 Å². The van der Waals surface area contributed by atoms with Gasteiger partial charge in [0.2, 0.25) is 0 Å². The minimum Gasteiger partial charge on any atom is -0.0654 e. The fraction of sp³-hybridized carbons (Fsp3) is 0.600. The van der Waals surface area contributed by atoms with E-state index in [-0.39, 0.29) is 0 Å². The fourth-order valence-electron chi connectivity index (χ4n) is 10.8. The van der Waals surface area contributed by atoms with Gasteiger partial charge in [0, 0.05) is 0 Å². The van der Waals surface area contributed by atoms with Gasteiger partial charge in [-0.3, -0.25) is 0 Å². The van der Waals surface area contributed by atoms with E-state index < -0.39 is 0 Å². The average molecular weight is 807 g/mol. The predicted molar refractivity (Wildman–Crippen MR) is 272 cm³/mol. The molecule has 0 nitrogen and oxygen atoms in total. The van der Waals surface area contributed by atoms with Gasteiger partial charge in [-0.15, -0.1) is 0 Å². The number of hydrogen-bond acceptors (Lipinski definition) is 0. The Bertz CT molecular complexity index is 1980. The highest BCUT2D eigenvalue weighted by atomic mass is 14.2. The molecule has 0 amide bonds. The average Bonchev–Trinajstić information content (AvgIpc) is 3.27. The molecule has 0 heteroatoms. The van der Waals surface area contributed by atoms with Gasteiger partial charge >= 0.3 is 0 Å². The molecule has 0 fully saturated rings. The maximum atomic E-state index is 2.65. The summed E-state index contributed by atoms with van der Waals surface area (Å²) in [6.07, 6.45) is 43.0. The van der Waals surface area contributed by atoms with E-state index in [2.05, 4.69) is 88.4 Å². The third-order valence-electron chi connectivity index (χ3n) is 14.4. The molecule has 0 aliphatic carbocycles. The highest BCUT2D eigenvalue weighted by Crippen LogP contribution is 2.48. The zero-order valence-corrected chi connectivity index (χ0v) is 39.4.